The number of benzene rings is 2. The van der Waals surface area contributed by atoms with E-state index in [2.05, 4.69) is 27.9 Å². The first-order chi connectivity index (χ1) is 18.3. The smallest absolute Gasteiger partial charge is 0.247 e. The van der Waals surface area contributed by atoms with E-state index in [1.165, 1.54) is 0 Å². The predicted molar refractivity (Wildman–Crippen MR) is 155 cm³/mol. The molecule has 0 aliphatic heterocycles. The fraction of sp³-hybridized carbons (Fsp3) is 0.429. The third-order valence-corrected chi connectivity index (χ3v) is 8.54. The van der Waals surface area contributed by atoms with Crippen molar-refractivity contribution in [2.45, 2.75) is 56.9 Å². The van der Waals surface area contributed by atoms with Gasteiger partial charge in [-0.15, -0.1) is 0 Å². The van der Waals surface area contributed by atoms with Gasteiger partial charge in [0.2, 0.25) is 11.8 Å². The number of halogens is 3. The summed E-state index contributed by atoms with van der Waals surface area (Å²) in [5.74, 6) is -0.0217. The van der Waals surface area contributed by atoms with Crippen molar-refractivity contribution in [2.75, 3.05) is 13.2 Å². The van der Waals surface area contributed by atoms with Crippen LogP contribution in [-0.4, -0.2) is 58.3 Å². The number of carbonyl (C=O) groups excluding carboxylic acids is 2. The number of hydrogen-bond acceptors (Lipinski definition) is 5. The Bertz CT molecular complexity index is 1190. The Balaban J connectivity index is 1.70. The molecule has 3 N–H and O–H groups in total. The van der Waals surface area contributed by atoms with Crippen molar-refractivity contribution in [1.29, 1.82) is 0 Å². The Morgan fingerprint density at radius 2 is 1.87 bits per heavy atom. The minimum atomic E-state index is -1.10. The number of nitrogens with one attached hydrogen (secondary N) is 1. The quantitative estimate of drug-likeness (QED) is 0.335. The first kappa shape index (κ1) is 29.1. The van der Waals surface area contributed by atoms with Gasteiger partial charge in [-0.05, 0) is 71.3 Å². The fourth-order valence-corrected chi connectivity index (χ4v) is 6.05. The summed E-state index contributed by atoms with van der Waals surface area (Å²) >= 11 is 14.7. The summed E-state index contributed by atoms with van der Waals surface area (Å²) in [5, 5.41) is 24.4. The number of ether oxygens (including phenoxy) is 1. The number of aliphatic hydroxyl groups is 2. The second-order valence-electron chi connectivity index (χ2n) is 9.63. The standard InChI is InChI=1S/C28H31Cl2IN2O5/c29-20-10-9-18(21(30)15-20)16-33(28(37)17-5-1-2-6-17)23-13-19(27(36)32-11-12-34)14-25(26(23)35)38-24-8-4-3-7-22(24)31/h3-4,7-10,14-15,17,23,25-26,34-35H,1-2,5-6,11-13,16H2,(H,32,36)/t23-,25+,26+/m1/s1. The Hall–Kier alpha value is -1.85. The summed E-state index contributed by atoms with van der Waals surface area (Å²) < 4.78 is 7.07. The van der Waals surface area contributed by atoms with Gasteiger partial charge in [0.25, 0.3) is 0 Å². The van der Waals surface area contributed by atoms with Gasteiger partial charge in [-0.1, -0.05) is 54.2 Å². The zero-order valence-electron chi connectivity index (χ0n) is 20.8. The molecule has 2 aliphatic carbocycles. The van der Waals surface area contributed by atoms with E-state index in [9.17, 15) is 19.8 Å². The van der Waals surface area contributed by atoms with Crippen molar-refractivity contribution in [3.05, 3.63) is 73.3 Å². The van der Waals surface area contributed by atoms with E-state index in [4.69, 9.17) is 27.9 Å². The van der Waals surface area contributed by atoms with E-state index in [-0.39, 0.29) is 43.8 Å². The Morgan fingerprint density at radius 1 is 1.13 bits per heavy atom. The molecule has 0 bridgehead atoms. The number of hydrogen-bond donors (Lipinski definition) is 3. The van der Waals surface area contributed by atoms with E-state index < -0.39 is 18.2 Å². The molecule has 10 heteroatoms. The van der Waals surface area contributed by atoms with Gasteiger partial charge < -0.3 is 25.2 Å². The fourth-order valence-electron chi connectivity index (χ4n) is 5.07. The van der Waals surface area contributed by atoms with Crippen LogP contribution < -0.4 is 10.1 Å². The maximum Gasteiger partial charge on any atom is 0.247 e. The first-order valence-corrected chi connectivity index (χ1v) is 14.6. The molecule has 1 saturated carbocycles. The average Bonchev–Trinajstić information content (AvgIpc) is 3.44. The van der Waals surface area contributed by atoms with Crippen LogP contribution in [0.4, 0.5) is 0 Å². The van der Waals surface area contributed by atoms with Gasteiger partial charge in [-0.25, -0.2) is 0 Å². The largest absolute Gasteiger partial charge is 0.482 e. The molecule has 0 saturated heterocycles. The van der Waals surface area contributed by atoms with E-state index in [1.54, 1.807) is 35.2 Å². The van der Waals surface area contributed by atoms with E-state index >= 15 is 0 Å². The van der Waals surface area contributed by atoms with Gasteiger partial charge in [-0.2, -0.15) is 0 Å². The number of aliphatic hydroxyl groups excluding tert-OH is 2. The van der Waals surface area contributed by atoms with Gasteiger partial charge in [0.05, 0.1) is 16.2 Å². The Kier molecular flexibility index (Phi) is 10.3. The topological polar surface area (TPSA) is 99.1 Å². The summed E-state index contributed by atoms with van der Waals surface area (Å²) in [5.41, 5.74) is 1.08. The van der Waals surface area contributed by atoms with Crippen molar-refractivity contribution < 1.29 is 24.5 Å². The van der Waals surface area contributed by atoms with Crippen LogP contribution in [0.2, 0.25) is 10.0 Å². The molecule has 2 amide bonds. The lowest BCUT2D eigenvalue weighted by atomic mass is 9.87. The normalized spacial score (nSPS) is 21.6. The van der Waals surface area contributed by atoms with Crippen LogP contribution in [0.5, 0.6) is 5.75 Å². The molecule has 204 valence electrons. The maximum absolute atomic E-state index is 13.9. The van der Waals surface area contributed by atoms with E-state index in [0.717, 1.165) is 29.3 Å². The van der Waals surface area contributed by atoms with Gasteiger partial charge in [0.15, 0.2) is 0 Å². The molecule has 3 atom stereocenters. The number of amides is 2. The molecule has 0 unspecified atom stereocenters. The molecular weight excluding hydrogens is 642 g/mol. The van der Waals surface area contributed by atoms with Crippen LogP contribution in [0.1, 0.15) is 37.7 Å². The molecule has 2 aromatic rings. The lowest BCUT2D eigenvalue weighted by Gasteiger charge is -2.41. The summed E-state index contributed by atoms with van der Waals surface area (Å²) in [6, 6.07) is 11.8. The molecule has 1 fully saturated rings. The number of carbonyl (C=O) groups is 2. The third-order valence-electron chi connectivity index (χ3n) is 7.06. The highest BCUT2D eigenvalue weighted by atomic mass is 127. The molecule has 0 radical (unpaired) electrons. The van der Waals surface area contributed by atoms with Crippen molar-refractivity contribution in [2.24, 2.45) is 5.92 Å². The highest BCUT2D eigenvalue weighted by molar-refractivity contribution is 14.1. The second kappa shape index (κ2) is 13.5. The van der Waals surface area contributed by atoms with Crippen LogP contribution in [0.25, 0.3) is 0 Å². The number of para-hydroxylation sites is 1. The number of nitrogens with zero attached hydrogens (tertiary/aromatic N) is 1. The third kappa shape index (κ3) is 7.01. The minimum Gasteiger partial charge on any atom is -0.482 e. The molecular formula is C28H31Cl2IN2O5. The lowest BCUT2D eigenvalue weighted by Crippen LogP contribution is -2.55. The highest BCUT2D eigenvalue weighted by Crippen LogP contribution is 2.34. The Morgan fingerprint density at radius 3 is 2.55 bits per heavy atom. The van der Waals surface area contributed by atoms with Crippen LogP contribution in [0.15, 0.2) is 54.1 Å². The summed E-state index contributed by atoms with van der Waals surface area (Å²) in [7, 11) is 0. The SMILES string of the molecule is O=C(NCCO)C1=C[C@H](Oc2ccccc2I)[C@@H](O)[C@H](N(Cc2ccc(Cl)cc2Cl)C(=O)C2CCCC2)C1. The van der Waals surface area contributed by atoms with Crippen molar-refractivity contribution >= 4 is 57.6 Å². The van der Waals surface area contributed by atoms with E-state index in [0.29, 0.717) is 26.9 Å². The molecule has 7 nitrogen and oxygen atoms in total. The zero-order chi connectivity index (χ0) is 27.2. The van der Waals surface area contributed by atoms with E-state index in [1.807, 2.05) is 18.2 Å². The van der Waals surface area contributed by atoms with Crippen LogP contribution in [0, 0.1) is 9.49 Å². The van der Waals surface area contributed by atoms with Gasteiger partial charge >= 0.3 is 0 Å². The van der Waals surface area contributed by atoms with Crippen LogP contribution in [0.3, 0.4) is 0 Å². The summed E-state index contributed by atoms with van der Waals surface area (Å²) in [6.45, 7) is 0.0549. The maximum atomic E-state index is 13.9. The van der Waals surface area contributed by atoms with Crippen molar-refractivity contribution in [3.8, 4) is 5.75 Å². The minimum absolute atomic E-state index is 0.0670. The molecule has 4 rings (SSSR count). The van der Waals surface area contributed by atoms with Crippen molar-refractivity contribution in [3.63, 3.8) is 0 Å². The molecule has 2 aromatic carbocycles. The monoisotopic (exact) mass is 672 g/mol. The van der Waals surface area contributed by atoms with Gasteiger partial charge in [0.1, 0.15) is 18.0 Å². The second-order valence-corrected chi connectivity index (χ2v) is 11.6. The molecule has 0 aromatic heterocycles. The zero-order valence-corrected chi connectivity index (χ0v) is 24.5. The van der Waals surface area contributed by atoms with Gasteiger partial charge in [0, 0.05) is 41.0 Å². The molecule has 0 spiro atoms. The summed E-state index contributed by atoms with van der Waals surface area (Å²) in [6.07, 6.45) is 3.30. The predicted octanol–water partition coefficient (Wildman–Crippen LogP) is 4.73. The van der Waals surface area contributed by atoms with Crippen LogP contribution >= 0.6 is 45.8 Å². The van der Waals surface area contributed by atoms with Gasteiger partial charge in [-0.3, -0.25) is 9.59 Å². The number of rotatable bonds is 9. The lowest BCUT2D eigenvalue weighted by molar-refractivity contribution is -0.143. The van der Waals surface area contributed by atoms with Crippen molar-refractivity contribution in [1.82, 2.24) is 10.2 Å². The highest BCUT2D eigenvalue weighted by Gasteiger charge is 2.42. The molecule has 2 aliphatic rings. The molecule has 38 heavy (non-hydrogen) atoms. The molecule has 0 heterocycles. The first-order valence-electron chi connectivity index (χ1n) is 12.7. The Labute approximate surface area is 246 Å². The average molecular weight is 673 g/mol. The van der Waals surface area contributed by atoms with Crippen LogP contribution in [-0.2, 0) is 16.1 Å². The summed E-state index contributed by atoms with van der Waals surface area (Å²) in [4.78, 5) is 28.6.